The number of hydrogen-bond donors (Lipinski definition) is 1. The average Bonchev–Trinajstić information content (AvgIpc) is 2.82. The lowest BCUT2D eigenvalue weighted by molar-refractivity contribution is 0.480. The van der Waals surface area contributed by atoms with Gasteiger partial charge >= 0.3 is 0 Å². The predicted molar refractivity (Wildman–Crippen MR) is 78.5 cm³/mol. The largest absolute Gasteiger partial charge is 0.306 e. The van der Waals surface area contributed by atoms with Crippen molar-refractivity contribution in [3.8, 4) is 0 Å². The average molecular weight is 364 g/mol. The summed E-state index contributed by atoms with van der Waals surface area (Å²) in [6, 6.07) is 4.71. The van der Waals surface area contributed by atoms with Gasteiger partial charge in [-0.05, 0) is 47.1 Å². The molecule has 0 spiro atoms. The molecule has 6 heteroatoms. The zero-order chi connectivity index (χ0) is 14.7. The molecule has 0 saturated carbocycles. The molecule has 0 aliphatic heterocycles. The highest BCUT2D eigenvalue weighted by Gasteiger charge is 2.21. The number of halogens is 4. The van der Waals surface area contributed by atoms with Crippen LogP contribution in [0.1, 0.15) is 29.8 Å². The van der Waals surface area contributed by atoms with E-state index in [4.69, 9.17) is 0 Å². The quantitative estimate of drug-likeness (QED) is 0.735. The number of nitrogens with one attached hydrogen (secondary N) is 1. The van der Waals surface area contributed by atoms with E-state index in [-0.39, 0.29) is 5.56 Å². The molecule has 20 heavy (non-hydrogen) atoms. The summed E-state index contributed by atoms with van der Waals surface area (Å²) in [5.41, 5.74) is 0.117. The summed E-state index contributed by atoms with van der Waals surface area (Å²) in [5, 5.41) is 3.16. The van der Waals surface area contributed by atoms with Gasteiger partial charge in [-0.25, -0.2) is 13.2 Å². The monoisotopic (exact) mass is 363 g/mol. The minimum atomic E-state index is -1.17. The summed E-state index contributed by atoms with van der Waals surface area (Å²) >= 11 is 4.78. The first-order valence-electron chi connectivity index (χ1n) is 6.16. The molecule has 2 rings (SSSR count). The number of benzene rings is 1. The van der Waals surface area contributed by atoms with E-state index >= 15 is 0 Å². The van der Waals surface area contributed by atoms with E-state index in [0.29, 0.717) is 12.6 Å². The van der Waals surface area contributed by atoms with Gasteiger partial charge in [-0.3, -0.25) is 0 Å². The SMILES string of the molecule is CCCNC(c1ccc(Br)s1)c1cc(F)c(F)cc1F. The number of hydrogen-bond acceptors (Lipinski definition) is 2. The van der Waals surface area contributed by atoms with Gasteiger partial charge in [0.15, 0.2) is 11.6 Å². The molecule has 1 N–H and O–H groups in total. The number of thiophene rings is 1. The fraction of sp³-hybridized carbons (Fsp3) is 0.286. The van der Waals surface area contributed by atoms with E-state index in [9.17, 15) is 13.2 Å². The lowest BCUT2D eigenvalue weighted by Gasteiger charge is -2.18. The first-order valence-corrected chi connectivity index (χ1v) is 7.77. The third-order valence-corrected chi connectivity index (χ3v) is 4.52. The summed E-state index contributed by atoms with van der Waals surface area (Å²) in [6.45, 7) is 2.63. The van der Waals surface area contributed by atoms with Gasteiger partial charge in [-0.2, -0.15) is 0 Å². The molecule has 1 aromatic carbocycles. The summed E-state index contributed by atoms with van der Waals surface area (Å²) < 4.78 is 41.3. The van der Waals surface area contributed by atoms with Gasteiger partial charge in [0.05, 0.1) is 9.83 Å². The highest BCUT2D eigenvalue weighted by atomic mass is 79.9. The Balaban J connectivity index is 2.43. The molecule has 0 aliphatic carbocycles. The van der Waals surface area contributed by atoms with Gasteiger partial charge in [-0.1, -0.05) is 6.92 Å². The normalized spacial score (nSPS) is 12.7. The van der Waals surface area contributed by atoms with Crippen LogP contribution in [0.3, 0.4) is 0 Å². The van der Waals surface area contributed by atoms with Crippen LogP contribution in [-0.2, 0) is 0 Å². The molecule has 0 radical (unpaired) electrons. The molecule has 1 aromatic heterocycles. The molecule has 1 unspecified atom stereocenters. The van der Waals surface area contributed by atoms with Crippen molar-refractivity contribution in [2.75, 3.05) is 6.54 Å². The van der Waals surface area contributed by atoms with E-state index < -0.39 is 23.5 Å². The molecule has 0 saturated heterocycles. The van der Waals surface area contributed by atoms with Crippen molar-refractivity contribution in [3.05, 3.63) is 55.9 Å². The smallest absolute Gasteiger partial charge is 0.161 e. The van der Waals surface area contributed by atoms with E-state index in [1.54, 1.807) is 0 Å². The van der Waals surface area contributed by atoms with E-state index in [1.165, 1.54) is 11.3 Å². The lowest BCUT2D eigenvalue weighted by atomic mass is 10.0. The van der Waals surface area contributed by atoms with Crippen molar-refractivity contribution >= 4 is 27.3 Å². The Kier molecular flexibility index (Phi) is 5.23. The highest BCUT2D eigenvalue weighted by molar-refractivity contribution is 9.11. The molecule has 1 heterocycles. The second kappa shape index (κ2) is 6.74. The molecular formula is C14H13BrF3NS. The lowest BCUT2D eigenvalue weighted by Crippen LogP contribution is -2.23. The van der Waals surface area contributed by atoms with Crippen LogP contribution in [0.15, 0.2) is 28.1 Å². The van der Waals surface area contributed by atoms with Crippen LogP contribution in [0.2, 0.25) is 0 Å². The summed E-state index contributed by atoms with van der Waals surface area (Å²) in [4.78, 5) is 0.843. The summed E-state index contributed by atoms with van der Waals surface area (Å²) in [7, 11) is 0. The van der Waals surface area contributed by atoms with Gasteiger partial charge in [-0.15, -0.1) is 11.3 Å². The van der Waals surface area contributed by atoms with Crippen molar-refractivity contribution in [1.82, 2.24) is 5.32 Å². The standard InChI is InChI=1S/C14H13BrF3NS/c1-2-5-19-14(12-3-4-13(15)20-12)8-6-10(17)11(18)7-9(8)16/h3-4,6-7,14,19H,2,5H2,1H3. The van der Waals surface area contributed by atoms with Crippen molar-refractivity contribution in [2.45, 2.75) is 19.4 Å². The molecule has 1 nitrogen and oxygen atoms in total. The van der Waals surface area contributed by atoms with Crippen LogP contribution < -0.4 is 5.32 Å². The van der Waals surface area contributed by atoms with Gasteiger partial charge < -0.3 is 5.32 Å². The Morgan fingerprint density at radius 1 is 1.15 bits per heavy atom. The van der Waals surface area contributed by atoms with Gasteiger partial charge in [0.2, 0.25) is 0 Å². The Labute approximate surface area is 128 Å². The van der Waals surface area contributed by atoms with E-state index in [1.807, 2.05) is 19.1 Å². The zero-order valence-electron chi connectivity index (χ0n) is 10.7. The Hall–Kier alpha value is -0.850. The first-order chi connectivity index (χ1) is 9.52. The van der Waals surface area contributed by atoms with Crippen LogP contribution in [-0.4, -0.2) is 6.54 Å². The minimum absolute atomic E-state index is 0.117. The second-order valence-corrected chi connectivity index (χ2v) is 6.81. The van der Waals surface area contributed by atoms with Crippen LogP contribution >= 0.6 is 27.3 Å². The Morgan fingerprint density at radius 2 is 1.85 bits per heavy atom. The molecular weight excluding hydrogens is 351 g/mol. The van der Waals surface area contributed by atoms with Crippen molar-refractivity contribution in [3.63, 3.8) is 0 Å². The first kappa shape index (κ1) is 15.5. The molecule has 1 atom stereocenters. The third-order valence-electron chi connectivity index (χ3n) is 2.83. The fourth-order valence-corrected chi connectivity index (χ4v) is 3.41. The van der Waals surface area contributed by atoms with Crippen LogP contribution in [0, 0.1) is 17.5 Å². The number of rotatable bonds is 5. The molecule has 0 aliphatic rings. The van der Waals surface area contributed by atoms with Crippen LogP contribution in [0.5, 0.6) is 0 Å². The summed E-state index contributed by atoms with van der Waals surface area (Å²) in [6.07, 6.45) is 0.855. The second-order valence-electron chi connectivity index (χ2n) is 4.32. The van der Waals surface area contributed by atoms with Gasteiger partial charge in [0, 0.05) is 16.5 Å². The fourth-order valence-electron chi connectivity index (χ4n) is 1.90. The molecule has 0 amide bonds. The van der Waals surface area contributed by atoms with Crippen LogP contribution in [0.25, 0.3) is 0 Å². The third kappa shape index (κ3) is 3.42. The topological polar surface area (TPSA) is 12.0 Å². The molecule has 0 fully saturated rings. The van der Waals surface area contributed by atoms with Crippen molar-refractivity contribution in [2.24, 2.45) is 0 Å². The Morgan fingerprint density at radius 3 is 2.45 bits per heavy atom. The maximum atomic E-state index is 13.9. The zero-order valence-corrected chi connectivity index (χ0v) is 13.1. The van der Waals surface area contributed by atoms with E-state index in [2.05, 4.69) is 21.2 Å². The highest BCUT2D eigenvalue weighted by Crippen LogP contribution is 2.33. The van der Waals surface area contributed by atoms with Gasteiger partial charge in [0.1, 0.15) is 5.82 Å². The van der Waals surface area contributed by atoms with Gasteiger partial charge in [0.25, 0.3) is 0 Å². The minimum Gasteiger partial charge on any atom is -0.306 e. The van der Waals surface area contributed by atoms with E-state index in [0.717, 1.165) is 21.2 Å². The van der Waals surface area contributed by atoms with Crippen LogP contribution in [0.4, 0.5) is 13.2 Å². The maximum absolute atomic E-state index is 13.9. The molecule has 2 aromatic rings. The molecule has 0 bridgehead atoms. The van der Waals surface area contributed by atoms with Crippen molar-refractivity contribution in [1.29, 1.82) is 0 Å². The predicted octanol–water partition coefficient (Wildman–Crippen LogP) is 5.02. The maximum Gasteiger partial charge on any atom is 0.161 e. The Bertz CT molecular complexity index is 600. The van der Waals surface area contributed by atoms with Crippen molar-refractivity contribution < 1.29 is 13.2 Å². The summed E-state index contributed by atoms with van der Waals surface area (Å²) in [5.74, 6) is -2.96. The molecule has 108 valence electrons.